The Bertz CT molecular complexity index is 690. The molecule has 1 aromatic carbocycles. The summed E-state index contributed by atoms with van der Waals surface area (Å²) in [6.07, 6.45) is -1.20. The maximum Gasteiger partial charge on any atom is 0.408 e. The fourth-order valence-corrected chi connectivity index (χ4v) is 2.40. The number of aliphatic hydroxyl groups is 1. The Labute approximate surface area is 197 Å². The molecule has 4 N–H and O–H groups in total. The van der Waals surface area contributed by atoms with Crippen molar-refractivity contribution >= 4 is 36.0 Å². The molecule has 9 heteroatoms. The summed E-state index contributed by atoms with van der Waals surface area (Å²) >= 11 is 0. The minimum absolute atomic E-state index is 0. The molecule has 0 saturated carbocycles. The molecule has 0 aromatic heterocycles. The topological polar surface area (TPSA) is 104 Å². The van der Waals surface area contributed by atoms with Crippen molar-refractivity contribution in [3.8, 4) is 5.75 Å². The van der Waals surface area contributed by atoms with Gasteiger partial charge in [-0.1, -0.05) is 12.1 Å². The highest BCUT2D eigenvalue weighted by Crippen LogP contribution is 2.18. The lowest BCUT2D eigenvalue weighted by atomic mass is 10.1. The maximum atomic E-state index is 12.0. The van der Waals surface area contributed by atoms with Crippen LogP contribution in [-0.4, -0.2) is 55.0 Å². The van der Waals surface area contributed by atoms with Crippen molar-refractivity contribution in [3.63, 3.8) is 0 Å². The molecule has 0 spiro atoms. The van der Waals surface area contributed by atoms with Crippen molar-refractivity contribution in [1.82, 2.24) is 16.0 Å². The molecule has 0 fully saturated rings. The number of aliphatic hydroxyl groups excluding tert-OH is 1. The summed E-state index contributed by atoms with van der Waals surface area (Å²) in [5, 5.41) is 19.5. The van der Waals surface area contributed by atoms with Gasteiger partial charge in [0, 0.05) is 13.1 Å². The molecular weight excluding hydrogens is 499 g/mol. The fraction of sp³-hybridized carbons (Fsp3) is 0.619. The number of nitrogens with zero attached hydrogens (tertiary/aromatic N) is 1. The molecule has 1 rings (SSSR count). The minimum Gasteiger partial charge on any atom is -0.497 e. The van der Waals surface area contributed by atoms with Gasteiger partial charge in [0.05, 0.1) is 25.3 Å². The standard InChI is InChI=1S/C21H36N4O4.HI/c1-8-22-18(23-13-17(26)15-10-9-11-16(12-15)28-7)24-14-21(5,6)25-19(27)29-20(2,3)4;/h9-12,17,26H,8,13-14H2,1-7H3,(H,25,27)(H2,22,23,24);1H. The first-order valence-corrected chi connectivity index (χ1v) is 9.81. The zero-order valence-corrected chi connectivity index (χ0v) is 21.4. The molecule has 0 heterocycles. The number of amides is 1. The summed E-state index contributed by atoms with van der Waals surface area (Å²) in [5.74, 6) is 1.24. The Balaban J connectivity index is 0.00000841. The van der Waals surface area contributed by atoms with Gasteiger partial charge in [0.2, 0.25) is 0 Å². The van der Waals surface area contributed by atoms with E-state index in [0.717, 1.165) is 5.56 Å². The summed E-state index contributed by atoms with van der Waals surface area (Å²) in [5.41, 5.74) is -0.411. The zero-order valence-electron chi connectivity index (χ0n) is 19.0. The van der Waals surface area contributed by atoms with E-state index in [9.17, 15) is 9.90 Å². The summed E-state index contributed by atoms with van der Waals surface area (Å²) in [6, 6.07) is 7.30. The monoisotopic (exact) mass is 536 g/mol. The number of guanidine groups is 1. The Morgan fingerprint density at radius 1 is 1.20 bits per heavy atom. The number of carbonyl (C=O) groups is 1. The van der Waals surface area contributed by atoms with Crippen LogP contribution in [0.1, 0.15) is 53.2 Å². The molecule has 30 heavy (non-hydrogen) atoms. The third-order valence-electron chi connectivity index (χ3n) is 3.76. The van der Waals surface area contributed by atoms with Crippen molar-refractivity contribution in [2.24, 2.45) is 4.99 Å². The maximum absolute atomic E-state index is 12.0. The van der Waals surface area contributed by atoms with Gasteiger partial charge in [0.1, 0.15) is 11.4 Å². The van der Waals surface area contributed by atoms with Crippen molar-refractivity contribution in [2.75, 3.05) is 26.7 Å². The van der Waals surface area contributed by atoms with Crippen LogP contribution < -0.4 is 20.7 Å². The number of alkyl carbamates (subject to hydrolysis) is 1. The van der Waals surface area contributed by atoms with Gasteiger partial charge < -0.3 is 30.5 Å². The summed E-state index contributed by atoms with van der Waals surface area (Å²) in [7, 11) is 1.59. The Kier molecular flexibility index (Phi) is 12.1. The predicted octanol–water partition coefficient (Wildman–Crippen LogP) is 3.21. The van der Waals surface area contributed by atoms with E-state index in [4.69, 9.17) is 9.47 Å². The Hall–Kier alpha value is -1.75. The van der Waals surface area contributed by atoms with Crippen molar-refractivity contribution in [3.05, 3.63) is 29.8 Å². The van der Waals surface area contributed by atoms with Gasteiger partial charge >= 0.3 is 6.09 Å². The number of halogens is 1. The average Bonchev–Trinajstić information content (AvgIpc) is 2.61. The SMILES string of the molecule is CCNC(=NCC(C)(C)NC(=O)OC(C)(C)C)NCC(O)c1cccc(OC)c1.I. The molecule has 0 bridgehead atoms. The van der Waals surface area contributed by atoms with Gasteiger partial charge in [0.15, 0.2) is 5.96 Å². The van der Waals surface area contributed by atoms with Crippen LogP contribution in [0.4, 0.5) is 4.79 Å². The van der Waals surface area contributed by atoms with E-state index in [-0.39, 0.29) is 30.5 Å². The number of aliphatic imine (C=N–C) groups is 1. The van der Waals surface area contributed by atoms with Gasteiger partial charge in [-0.25, -0.2) is 4.79 Å². The highest BCUT2D eigenvalue weighted by Gasteiger charge is 2.24. The molecule has 0 aliphatic rings. The number of ether oxygens (including phenoxy) is 2. The van der Waals surface area contributed by atoms with E-state index in [0.29, 0.717) is 24.8 Å². The molecule has 8 nitrogen and oxygen atoms in total. The van der Waals surface area contributed by atoms with Gasteiger partial charge in [-0.2, -0.15) is 0 Å². The van der Waals surface area contributed by atoms with E-state index in [1.54, 1.807) is 13.2 Å². The van der Waals surface area contributed by atoms with Crippen molar-refractivity contribution in [2.45, 2.75) is 58.8 Å². The molecule has 0 aliphatic carbocycles. The summed E-state index contributed by atoms with van der Waals surface area (Å²) in [4.78, 5) is 16.5. The van der Waals surface area contributed by atoms with Crippen LogP contribution >= 0.6 is 24.0 Å². The van der Waals surface area contributed by atoms with Crippen LogP contribution in [0.25, 0.3) is 0 Å². The van der Waals surface area contributed by atoms with Crippen LogP contribution in [0.3, 0.4) is 0 Å². The predicted molar refractivity (Wildman–Crippen MR) is 131 cm³/mol. The van der Waals surface area contributed by atoms with Crippen molar-refractivity contribution in [1.29, 1.82) is 0 Å². The van der Waals surface area contributed by atoms with E-state index in [1.807, 2.05) is 59.7 Å². The number of rotatable bonds is 8. The molecule has 0 aliphatic heterocycles. The van der Waals surface area contributed by atoms with Gasteiger partial charge in [-0.05, 0) is 59.2 Å². The fourth-order valence-electron chi connectivity index (χ4n) is 2.40. The highest BCUT2D eigenvalue weighted by molar-refractivity contribution is 14.0. The Morgan fingerprint density at radius 3 is 2.43 bits per heavy atom. The number of benzene rings is 1. The normalized spacial score (nSPS) is 13.0. The second-order valence-corrected chi connectivity index (χ2v) is 8.38. The zero-order chi connectivity index (χ0) is 22.1. The van der Waals surface area contributed by atoms with E-state index < -0.39 is 23.3 Å². The first-order valence-electron chi connectivity index (χ1n) is 9.81. The number of hydrogen-bond donors (Lipinski definition) is 4. The van der Waals surface area contributed by atoms with Gasteiger partial charge in [-0.15, -0.1) is 24.0 Å². The first kappa shape index (κ1) is 28.2. The smallest absolute Gasteiger partial charge is 0.408 e. The van der Waals surface area contributed by atoms with Gasteiger partial charge in [-0.3, -0.25) is 4.99 Å². The largest absolute Gasteiger partial charge is 0.497 e. The molecule has 1 amide bonds. The highest BCUT2D eigenvalue weighted by atomic mass is 127. The molecule has 0 radical (unpaired) electrons. The lowest BCUT2D eigenvalue weighted by Crippen LogP contribution is -2.49. The van der Waals surface area contributed by atoms with Crippen LogP contribution in [0.5, 0.6) is 5.75 Å². The van der Waals surface area contributed by atoms with Crippen molar-refractivity contribution < 1.29 is 19.4 Å². The van der Waals surface area contributed by atoms with Crippen LogP contribution in [0, 0.1) is 0 Å². The van der Waals surface area contributed by atoms with Gasteiger partial charge in [0.25, 0.3) is 0 Å². The van der Waals surface area contributed by atoms with E-state index in [1.165, 1.54) is 0 Å². The lowest BCUT2D eigenvalue weighted by molar-refractivity contribution is 0.0476. The molecule has 0 saturated heterocycles. The molecule has 1 atom stereocenters. The summed E-state index contributed by atoms with van der Waals surface area (Å²) in [6.45, 7) is 12.4. The van der Waals surface area contributed by atoms with E-state index >= 15 is 0 Å². The number of hydrogen-bond acceptors (Lipinski definition) is 5. The molecule has 172 valence electrons. The third-order valence-corrected chi connectivity index (χ3v) is 3.76. The number of nitrogens with one attached hydrogen (secondary N) is 3. The van der Waals surface area contributed by atoms with E-state index in [2.05, 4.69) is 20.9 Å². The Morgan fingerprint density at radius 2 is 1.87 bits per heavy atom. The number of carbonyl (C=O) groups excluding carboxylic acids is 1. The van der Waals surface area contributed by atoms with Crippen LogP contribution in [0.2, 0.25) is 0 Å². The number of methoxy groups -OCH3 is 1. The molecule has 1 unspecified atom stereocenters. The minimum atomic E-state index is -0.721. The van der Waals surface area contributed by atoms with Crippen LogP contribution in [0.15, 0.2) is 29.3 Å². The second-order valence-electron chi connectivity index (χ2n) is 8.38. The second kappa shape index (κ2) is 12.8. The summed E-state index contributed by atoms with van der Waals surface area (Å²) < 4.78 is 10.5. The molecule has 1 aromatic rings. The lowest BCUT2D eigenvalue weighted by Gasteiger charge is -2.27. The van der Waals surface area contributed by atoms with Crippen LogP contribution in [-0.2, 0) is 4.74 Å². The molecular formula is C21H37IN4O4. The average molecular weight is 536 g/mol. The quantitative estimate of drug-likeness (QED) is 0.231. The first-order chi connectivity index (χ1) is 13.5. The third kappa shape index (κ3) is 11.4.